The molecule has 6 rings (SSSR count). The fraction of sp³-hybridized carbons (Fsp3) is 0.0323. The van der Waals surface area contributed by atoms with Crippen molar-refractivity contribution in [3.8, 4) is 16.8 Å². The van der Waals surface area contributed by atoms with Gasteiger partial charge in [-0.05, 0) is 65.2 Å². The van der Waals surface area contributed by atoms with Crippen molar-refractivity contribution in [3.05, 3.63) is 128 Å². The van der Waals surface area contributed by atoms with Crippen LogP contribution in [-0.4, -0.2) is 11.6 Å². The maximum absolute atomic E-state index is 4.30. The van der Waals surface area contributed by atoms with Gasteiger partial charge in [-0.1, -0.05) is 67.3 Å². The van der Waals surface area contributed by atoms with E-state index in [1.807, 2.05) is 12.2 Å². The largest absolute Gasteiger partial charge is 0.351 e. The highest BCUT2D eigenvalue weighted by Crippen LogP contribution is 2.37. The zero-order chi connectivity index (χ0) is 22.4. The molecule has 1 aliphatic rings. The fourth-order valence-electron chi connectivity index (χ4n) is 4.81. The number of aromatic nitrogens is 1. The SMILES string of the molecule is C=C1/C=C\C=C/N(C)c2ccc(-c3ccc4c(c3)c3ccccc3n4-c3ccccc3)cc21. The summed E-state index contributed by atoms with van der Waals surface area (Å²) < 4.78 is 2.35. The number of fused-ring (bicyclic) bond motifs is 4. The third-order valence-corrected chi connectivity index (χ3v) is 6.46. The van der Waals surface area contributed by atoms with E-state index in [9.17, 15) is 0 Å². The Kier molecular flexibility index (Phi) is 4.51. The fourth-order valence-corrected chi connectivity index (χ4v) is 4.81. The van der Waals surface area contributed by atoms with Crippen LogP contribution in [0, 0.1) is 0 Å². The Morgan fingerprint density at radius 1 is 0.667 bits per heavy atom. The topological polar surface area (TPSA) is 8.17 Å². The zero-order valence-electron chi connectivity index (χ0n) is 18.6. The van der Waals surface area contributed by atoms with E-state index in [0.717, 1.165) is 16.8 Å². The molecule has 0 unspecified atom stereocenters. The Hall–Kier alpha value is -4.30. The van der Waals surface area contributed by atoms with E-state index in [2.05, 4.69) is 126 Å². The van der Waals surface area contributed by atoms with Crippen molar-refractivity contribution < 1.29 is 0 Å². The number of benzene rings is 4. The maximum atomic E-state index is 4.30. The Labute approximate surface area is 194 Å². The standard InChI is InChI=1S/C31H24N2/c1-22-10-8-9-19-32(2)29-17-15-23(20-27(22)29)24-16-18-31-28(21-24)26-13-6-7-14-30(26)33(31)25-11-4-3-5-12-25/h3-21H,1H2,2H3/b10-8-,19-9-. The van der Waals surface area contributed by atoms with E-state index in [1.54, 1.807) is 0 Å². The number of para-hydroxylation sites is 2. The molecule has 0 aliphatic carbocycles. The molecule has 0 radical (unpaired) electrons. The summed E-state index contributed by atoms with van der Waals surface area (Å²) in [5.41, 5.74) is 9.35. The molecule has 0 spiro atoms. The molecule has 0 amide bonds. The molecule has 4 aromatic carbocycles. The summed E-state index contributed by atoms with van der Waals surface area (Å²) in [4.78, 5) is 2.14. The van der Waals surface area contributed by atoms with Crippen LogP contribution in [0.4, 0.5) is 5.69 Å². The highest BCUT2D eigenvalue weighted by molar-refractivity contribution is 6.10. The van der Waals surface area contributed by atoms with Gasteiger partial charge in [0.05, 0.1) is 11.0 Å². The summed E-state index contributed by atoms with van der Waals surface area (Å²) in [5.74, 6) is 0. The Morgan fingerprint density at radius 3 is 2.27 bits per heavy atom. The minimum absolute atomic E-state index is 1.02. The normalized spacial score (nSPS) is 15.3. The molecule has 0 saturated carbocycles. The van der Waals surface area contributed by atoms with Gasteiger partial charge in [-0.25, -0.2) is 0 Å². The number of hydrogen-bond donors (Lipinski definition) is 0. The predicted octanol–water partition coefficient (Wildman–Crippen LogP) is 7.98. The highest BCUT2D eigenvalue weighted by Gasteiger charge is 2.15. The van der Waals surface area contributed by atoms with Crippen LogP contribution in [0.3, 0.4) is 0 Å². The van der Waals surface area contributed by atoms with Gasteiger partial charge in [0, 0.05) is 41.0 Å². The van der Waals surface area contributed by atoms with E-state index >= 15 is 0 Å². The van der Waals surface area contributed by atoms with Gasteiger partial charge < -0.3 is 9.47 Å². The van der Waals surface area contributed by atoms with Crippen LogP contribution in [0.1, 0.15) is 5.56 Å². The van der Waals surface area contributed by atoms with Crippen molar-refractivity contribution in [2.45, 2.75) is 0 Å². The van der Waals surface area contributed by atoms with Crippen molar-refractivity contribution in [2.75, 3.05) is 11.9 Å². The van der Waals surface area contributed by atoms with Gasteiger partial charge in [-0.2, -0.15) is 0 Å². The molecule has 2 heterocycles. The number of hydrogen-bond acceptors (Lipinski definition) is 1. The molecule has 1 aliphatic heterocycles. The van der Waals surface area contributed by atoms with Crippen molar-refractivity contribution >= 4 is 33.1 Å². The lowest BCUT2D eigenvalue weighted by Gasteiger charge is -2.21. The predicted molar refractivity (Wildman–Crippen MR) is 142 cm³/mol. The second kappa shape index (κ2) is 7.68. The van der Waals surface area contributed by atoms with Crippen LogP contribution < -0.4 is 4.90 Å². The molecule has 0 atom stereocenters. The van der Waals surface area contributed by atoms with Crippen LogP contribution in [0.2, 0.25) is 0 Å². The van der Waals surface area contributed by atoms with Crippen molar-refractivity contribution in [1.29, 1.82) is 0 Å². The van der Waals surface area contributed by atoms with Gasteiger partial charge in [0.1, 0.15) is 0 Å². The Morgan fingerprint density at radius 2 is 1.39 bits per heavy atom. The molecular formula is C31H24N2. The van der Waals surface area contributed by atoms with Crippen molar-refractivity contribution in [3.63, 3.8) is 0 Å². The quantitative estimate of drug-likeness (QED) is 0.279. The van der Waals surface area contributed by atoms with Gasteiger partial charge in [0.2, 0.25) is 0 Å². The summed E-state index contributed by atoms with van der Waals surface area (Å²) in [6, 6.07) is 32.7. The van der Waals surface area contributed by atoms with E-state index in [-0.39, 0.29) is 0 Å². The molecule has 2 heteroatoms. The summed E-state index contributed by atoms with van der Waals surface area (Å²) in [7, 11) is 2.08. The van der Waals surface area contributed by atoms with Gasteiger partial charge in [0.15, 0.2) is 0 Å². The third-order valence-electron chi connectivity index (χ3n) is 6.46. The first-order valence-corrected chi connectivity index (χ1v) is 11.2. The summed E-state index contributed by atoms with van der Waals surface area (Å²) in [5, 5.41) is 2.53. The van der Waals surface area contributed by atoms with Crippen LogP contribution in [-0.2, 0) is 0 Å². The summed E-state index contributed by atoms with van der Waals surface area (Å²) in [6.45, 7) is 4.30. The van der Waals surface area contributed by atoms with E-state index < -0.39 is 0 Å². The Balaban J connectivity index is 1.56. The smallest absolute Gasteiger partial charge is 0.0541 e. The average molecular weight is 425 g/mol. The third kappa shape index (κ3) is 3.19. The van der Waals surface area contributed by atoms with Crippen molar-refractivity contribution in [1.82, 2.24) is 4.57 Å². The van der Waals surface area contributed by atoms with E-state index in [1.165, 1.54) is 38.6 Å². The average Bonchev–Trinajstić information content (AvgIpc) is 3.19. The molecular weight excluding hydrogens is 400 g/mol. The highest BCUT2D eigenvalue weighted by atomic mass is 15.1. The van der Waals surface area contributed by atoms with Gasteiger partial charge >= 0.3 is 0 Å². The van der Waals surface area contributed by atoms with E-state index in [0.29, 0.717) is 0 Å². The van der Waals surface area contributed by atoms with Crippen LogP contribution in [0.15, 0.2) is 122 Å². The van der Waals surface area contributed by atoms with Gasteiger partial charge in [-0.3, -0.25) is 0 Å². The molecule has 158 valence electrons. The number of rotatable bonds is 2. The minimum Gasteiger partial charge on any atom is -0.351 e. The lowest BCUT2D eigenvalue weighted by atomic mass is 9.96. The van der Waals surface area contributed by atoms with Crippen molar-refractivity contribution in [2.24, 2.45) is 0 Å². The Bertz CT molecular complexity index is 1580. The minimum atomic E-state index is 1.02. The van der Waals surface area contributed by atoms with Gasteiger partial charge in [0.25, 0.3) is 0 Å². The van der Waals surface area contributed by atoms with Crippen LogP contribution in [0.5, 0.6) is 0 Å². The maximum Gasteiger partial charge on any atom is 0.0541 e. The molecule has 0 fully saturated rings. The van der Waals surface area contributed by atoms with Gasteiger partial charge in [-0.15, -0.1) is 0 Å². The second-order valence-electron chi connectivity index (χ2n) is 8.49. The molecule has 0 saturated heterocycles. The summed E-state index contributed by atoms with van der Waals surface area (Å²) >= 11 is 0. The summed E-state index contributed by atoms with van der Waals surface area (Å²) in [6.07, 6.45) is 8.23. The zero-order valence-corrected chi connectivity index (χ0v) is 18.6. The van der Waals surface area contributed by atoms with Crippen LogP contribution >= 0.6 is 0 Å². The molecule has 0 N–H and O–H groups in total. The molecule has 1 aromatic heterocycles. The number of anilines is 1. The second-order valence-corrected chi connectivity index (χ2v) is 8.49. The first kappa shape index (κ1) is 19.4. The van der Waals surface area contributed by atoms with Crippen LogP contribution in [0.25, 0.3) is 44.2 Å². The molecule has 0 bridgehead atoms. The lowest BCUT2D eigenvalue weighted by Crippen LogP contribution is -2.10. The lowest BCUT2D eigenvalue weighted by molar-refractivity contribution is 1.18. The first-order chi connectivity index (χ1) is 16.2. The van der Waals surface area contributed by atoms with E-state index in [4.69, 9.17) is 0 Å². The monoisotopic (exact) mass is 424 g/mol. The first-order valence-electron chi connectivity index (χ1n) is 11.2. The molecule has 5 aromatic rings. The number of allylic oxidation sites excluding steroid dienone is 4. The molecule has 2 nitrogen and oxygen atoms in total. The molecule has 33 heavy (non-hydrogen) atoms. The number of nitrogens with zero attached hydrogens (tertiary/aromatic N) is 2.